The van der Waals surface area contributed by atoms with Crippen LogP contribution < -0.4 is 0 Å². The van der Waals surface area contributed by atoms with Gasteiger partial charge in [-0.3, -0.25) is 4.99 Å². The molecule has 30 heavy (non-hydrogen) atoms. The van der Waals surface area contributed by atoms with Crippen molar-refractivity contribution in [3.8, 4) is 0 Å². The molecule has 1 nitrogen and oxygen atoms in total. The van der Waals surface area contributed by atoms with Crippen molar-refractivity contribution in [2.24, 2.45) is 4.99 Å². The average molecular weight is 414 g/mol. The van der Waals surface area contributed by atoms with Crippen molar-refractivity contribution in [1.29, 1.82) is 0 Å². The lowest BCUT2D eigenvalue weighted by atomic mass is 9.84. The standard InChI is InChI=1S/C28H31NS/c1-5-18-29-27(6-2)28(26-17-10-12-21(3)22(26)4)24-15-11-16-25(19-24)30-20-23-13-8-7-9-14-23/h6-19,28H,5,20H2,1-4H3/b27-6-,29-18?. The fourth-order valence-corrected chi connectivity index (χ4v) is 4.55. The van der Waals surface area contributed by atoms with E-state index in [1.807, 2.05) is 18.0 Å². The maximum absolute atomic E-state index is 4.84. The summed E-state index contributed by atoms with van der Waals surface area (Å²) in [5.74, 6) is 1.11. The first-order valence-corrected chi connectivity index (χ1v) is 11.6. The fourth-order valence-electron chi connectivity index (χ4n) is 3.63. The Morgan fingerprint density at radius 1 is 0.967 bits per heavy atom. The highest BCUT2D eigenvalue weighted by Gasteiger charge is 2.21. The summed E-state index contributed by atoms with van der Waals surface area (Å²) in [4.78, 5) is 6.13. The van der Waals surface area contributed by atoms with Crippen molar-refractivity contribution in [3.05, 3.63) is 112 Å². The van der Waals surface area contributed by atoms with Gasteiger partial charge in [0.2, 0.25) is 0 Å². The zero-order valence-corrected chi connectivity index (χ0v) is 19.2. The smallest absolute Gasteiger partial charge is 0.0512 e. The summed E-state index contributed by atoms with van der Waals surface area (Å²) in [5, 5.41) is 0. The zero-order chi connectivity index (χ0) is 21.3. The van der Waals surface area contributed by atoms with Crippen LogP contribution in [-0.4, -0.2) is 6.21 Å². The van der Waals surface area contributed by atoms with Crippen LogP contribution in [0.2, 0.25) is 0 Å². The molecule has 154 valence electrons. The molecule has 0 bridgehead atoms. The Balaban J connectivity index is 1.99. The molecule has 0 aliphatic rings. The highest BCUT2D eigenvalue weighted by atomic mass is 32.2. The van der Waals surface area contributed by atoms with Crippen molar-refractivity contribution >= 4 is 18.0 Å². The van der Waals surface area contributed by atoms with E-state index >= 15 is 0 Å². The third-order valence-corrected chi connectivity index (χ3v) is 6.48. The number of aliphatic imine (C=N–C) groups is 1. The minimum Gasteiger partial charge on any atom is -0.265 e. The minimum atomic E-state index is 0.134. The van der Waals surface area contributed by atoms with Gasteiger partial charge in [0.05, 0.1) is 5.92 Å². The molecule has 3 aromatic carbocycles. The van der Waals surface area contributed by atoms with Crippen molar-refractivity contribution in [3.63, 3.8) is 0 Å². The number of hydrogen-bond acceptors (Lipinski definition) is 2. The van der Waals surface area contributed by atoms with E-state index in [1.54, 1.807) is 0 Å². The monoisotopic (exact) mass is 413 g/mol. The summed E-state index contributed by atoms with van der Waals surface area (Å²) in [6, 6.07) is 26.2. The van der Waals surface area contributed by atoms with Gasteiger partial charge in [0, 0.05) is 22.6 Å². The average Bonchev–Trinajstić information content (AvgIpc) is 2.78. The van der Waals surface area contributed by atoms with Crippen molar-refractivity contribution < 1.29 is 0 Å². The largest absolute Gasteiger partial charge is 0.265 e. The van der Waals surface area contributed by atoms with Gasteiger partial charge in [0.1, 0.15) is 0 Å². The molecule has 0 saturated carbocycles. The molecule has 0 radical (unpaired) electrons. The van der Waals surface area contributed by atoms with Crippen LogP contribution in [0.1, 0.15) is 54.0 Å². The third kappa shape index (κ3) is 5.52. The molecule has 0 amide bonds. The molecule has 0 saturated heterocycles. The number of thioether (sulfide) groups is 1. The molecule has 0 spiro atoms. The fraction of sp³-hybridized carbons (Fsp3) is 0.250. The number of rotatable bonds is 8. The Morgan fingerprint density at radius 3 is 2.47 bits per heavy atom. The van der Waals surface area contributed by atoms with Gasteiger partial charge >= 0.3 is 0 Å². The van der Waals surface area contributed by atoms with Crippen LogP contribution in [-0.2, 0) is 5.75 Å². The summed E-state index contributed by atoms with van der Waals surface area (Å²) in [5.41, 5.74) is 7.75. The van der Waals surface area contributed by atoms with E-state index in [0.29, 0.717) is 0 Å². The molecule has 0 N–H and O–H groups in total. The number of nitrogens with zero attached hydrogens (tertiary/aromatic N) is 1. The first-order chi connectivity index (χ1) is 14.6. The van der Waals surface area contributed by atoms with Crippen LogP contribution in [0.4, 0.5) is 0 Å². The van der Waals surface area contributed by atoms with Crippen LogP contribution in [0.15, 0.2) is 94.5 Å². The van der Waals surface area contributed by atoms with E-state index in [4.69, 9.17) is 4.99 Å². The Labute approximate surface area is 186 Å². The van der Waals surface area contributed by atoms with Gasteiger partial charge in [-0.15, -0.1) is 11.8 Å². The Hall–Kier alpha value is -2.58. The van der Waals surface area contributed by atoms with Gasteiger partial charge in [0.15, 0.2) is 0 Å². The predicted molar refractivity (Wildman–Crippen MR) is 133 cm³/mol. The predicted octanol–water partition coefficient (Wildman–Crippen LogP) is 8.11. The molecule has 2 heteroatoms. The molecule has 0 aromatic heterocycles. The summed E-state index contributed by atoms with van der Waals surface area (Å²) in [7, 11) is 0. The molecule has 0 heterocycles. The Bertz CT molecular complexity index is 1020. The SMILES string of the molecule is C/C=C(\N=CCC)C(c1cccc(SCc2ccccc2)c1)c1cccc(C)c1C. The van der Waals surface area contributed by atoms with Crippen molar-refractivity contribution in [2.75, 3.05) is 0 Å². The van der Waals surface area contributed by atoms with E-state index in [0.717, 1.165) is 17.9 Å². The molecule has 0 aliphatic heterocycles. The molecular weight excluding hydrogens is 382 g/mol. The van der Waals surface area contributed by atoms with Gasteiger partial charge in [-0.05, 0) is 67.1 Å². The van der Waals surface area contributed by atoms with E-state index < -0.39 is 0 Å². The maximum atomic E-state index is 4.84. The third-order valence-electron chi connectivity index (χ3n) is 5.41. The second-order valence-corrected chi connectivity index (χ2v) is 8.55. The van der Waals surface area contributed by atoms with Gasteiger partial charge in [-0.25, -0.2) is 0 Å². The van der Waals surface area contributed by atoms with Crippen LogP contribution in [0.3, 0.4) is 0 Å². The highest BCUT2D eigenvalue weighted by Crippen LogP contribution is 2.37. The van der Waals surface area contributed by atoms with Gasteiger partial charge in [-0.2, -0.15) is 0 Å². The lowest BCUT2D eigenvalue weighted by Gasteiger charge is -2.22. The number of hydrogen-bond donors (Lipinski definition) is 0. The van der Waals surface area contributed by atoms with Gasteiger partial charge in [-0.1, -0.05) is 73.7 Å². The van der Waals surface area contributed by atoms with Crippen molar-refractivity contribution in [2.45, 2.75) is 50.7 Å². The van der Waals surface area contributed by atoms with Crippen LogP contribution in [0, 0.1) is 13.8 Å². The second-order valence-electron chi connectivity index (χ2n) is 7.50. The molecule has 0 aliphatic carbocycles. The maximum Gasteiger partial charge on any atom is 0.0512 e. The van der Waals surface area contributed by atoms with Gasteiger partial charge in [0.25, 0.3) is 0 Å². The normalized spacial score (nSPS) is 13.0. The van der Waals surface area contributed by atoms with Gasteiger partial charge < -0.3 is 0 Å². The second kappa shape index (κ2) is 11.0. The molecule has 1 unspecified atom stereocenters. The molecule has 0 fully saturated rings. The van der Waals surface area contributed by atoms with Crippen molar-refractivity contribution in [1.82, 2.24) is 0 Å². The van der Waals surface area contributed by atoms with Crippen LogP contribution >= 0.6 is 11.8 Å². The summed E-state index contributed by atoms with van der Waals surface area (Å²) >= 11 is 1.89. The summed E-state index contributed by atoms with van der Waals surface area (Å²) in [6.07, 6.45) is 5.10. The highest BCUT2D eigenvalue weighted by molar-refractivity contribution is 7.98. The quantitative estimate of drug-likeness (QED) is 0.268. The van der Waals surface area contributed by atoms with Crippen LogP contribution in [0.5, 0.6) is 0 Å². The van der Waals surface area contributed by atoms with E-state index in [1.165, 1.54) is 32.7 Å². The molecular formula is C28H31NS. The summed E-state index contributed by atoms with van der Waals surface area (Å²) in [6.45, 7) is 8.63. The Morgan fingerprint density at radius 2 is 1.73 bits per heavy atom. The first kappa shape index (κ1) is 22.1. The lowest BCUT2D eigenvalue weighted by Crippen LogP contribution is -2.07. The number of allylic oxidation sites excluding steroid dienone is 2. The lowest BCUT2D eigenvalue weighted by molar-refractivity contribution is 0.905. The minimum absolute atomic E-state index is 0.134. The molecule has 3 rings (SSSR count). The van der Waals surface area contributed by atoms with E-state index in [-0.39, 0.29) is 5.92 Å². The topological polar surface area (TPSA) is 12.4 Å². The Kier molecular flexibility index (Phi) is 8.10. The van der Waals surface area contributed by atoms with Crippen LogP contribution in [0.25, 0.3) is 0 Å². The molecule has 3 aromatic rings. The zero-order valence-electron chi connectivity index (χ0n) is 18.4. The van der Waals surface area contributed by atoms with E-state index in [9.17, 15) is 0 Å². The first-order valence-electron chi connectivity index (χ1n) is 10.7. The number of benzene rings is 3. The number of aryl methyl sites for hydroxylation is 1. The molecule has 1 atom stereocenters. The summed E-state index contributed by atoms with van der Waals surface area (Å²) < 4.78 is 0. The van der Waals surface area contributed by atoms with E-state index in [2.05, 4.69) is 107 Å².